The van der Waals surface area contributed by atoms with Gasteiger partial charge in [0.2, 0.25) is 0 Å². The van der Waals surface area contributed by atoms with Gasteiger partial charge in [-0.25, -0.2) is 0 Å². The van der Waals surface area contributed by atoms with Gasteiger partial charge in [-0.15, -0.1) is 0 Å². The smallest absolute Gasteiger partial charge is 0.412 e. The summed E-state index contributed by atoms with van der Waals surface area (Å²) in [5.41, 5.74) is 0. The van der Waals surface area contributed by atoms with Crippen LogP contribution in [0, 0.1) is 30.6 Å². The molecule has 0 rings (SSSR count). The molecule has 0 atom stereocenters. The molecule has 93 valence electrons. The average molecular weight is 269 g/mol. The third kappa shape index (κ3) is 618. The molecule has 0 aliphatic heterocycles. The summed E-state index contributed by atoms with van der Waals surface area (Å²) >= 11 is 0. The van der Waals surface area contributed by atoms with E-state index < -0.39 is 10.2 Å². The first kappa shape index (κ1) is 78.4. The number of hydrogen-bond acceptors (Lipinski definition) is 6. The fraction of sp³-hybridized carbons (Fsp3) is 0. The molecule has 0 heterocycles. The van der Waals surface area contributed by atoms with Crippen molar-refractivity contribution in [3.63, 3.8) is 0 Å². The number of rotatable bonds is 0. The molecule has 0 aliphatic rings. The molecule has 0 aromatic heterocycles. The van der Waals surface area contributed by atoms with Gasteiger partial charge in [0, 0.05) is 0 Å². The molecule has 0 aliphatic carbocycles. The van der Waals surface area contributed by atoms with E-state index in [0.29, 0.717) is 0 Å². The Kier molecular flexibility index (Phi) is 339. The Bertz CT molecular complexity index is 71.3. The zero-order valence-corrected chi connectivity index (χ0v) is 7.40. The van der Waals surface area contributed by atoms with Gasteiger partial charge in [0.25, 0.3) is 0 Å². The first-order valence-electron chi connectivity index (χ1n) is 1.10. The molecule has 0 saturated carbocycles. The molecule has 0 fully saturated rings. The van der Waals surface area contributed by atoms with Crippen LogP contribution in [0.4, 0.5) is 0 Å². The van der Waals surface area contributed by atoms with Crippen LogP contribution in [0.2, 0.25) is 0 Å². The summed E-state index contributed by atoms with van der Waals surface area (Å²) < 4.78 is 0. The van der Waals surface area contributed by atoms with Gasteiger partial charge in [-0.1, -0.05) is 0 Å². The van der Waals surface area contributed by atoms with Crippen LogP contribution in [0.1, 0.15) is 0 Å². The van der Waals surface area contributed by atoms with Gasteiger partial charge < -0.3 is 58.0 Å². The van der Waals surface area contributed by atoms with E-state index in [0.717, 1.165) is 0 Å². The van der Waals surface area contributed by atoms with Gasteiger partial charge in [0.15, 0.2) is 0 Å². The number of hydrogen-bond donors (Lipinski definition) is 0. The van der Waals surface area contributed by atoms with Crippen LogP contribution in [0.15, 0.2) is 0 Å². The monoisotopic (exact) mass is 269 g/mol. The van der Waals surface area contributed by atoms with Crippen molar-refractivity contribution in [3.8, 4) is 0 Å². The van der Waals surface area contributed by atoms with Crippen molar-refractivity contribution in [1.82, 2.24) is 0 Å². The minimum Gasteiger partial charge on any atom is -0.412 e. The molecule has 0 aromatic rings. The predicted octanol–water partition coefficient (Wildman–Crippen LogP) is -4.60. The van der Waals surface area contributed by atoms with Gasteiger partial charge in [0.05, 0.1) is 10.2 Å². The molecular weight excluding hydrogens is 259 g/mol. The summed E-state index contributed by atoms with van der Waals surface area (Å²) in [4.78, 5) is 16.5. The van der Waals surface area contributed by atoms with E-state index in [1.165, 1.54) is 0 Å². The Balaban J connectivity index is -0.00000000600. The fourth-order valence-corrected chi connectivity index (χ4v) is 0. The van der Waals surface area contributed by atoms with Gasteiger partial charge >= 0.3 is 17.1 Å². The summed E-state index contributed by atoms with van der Waals surface area (Å²) in [6.07, 6.45) is 0. The topological polar surface area (TPSA) is 290 Å². The van der Waals surface area contributed by atoms with E-state index >= 15 is 0 Å². The van der Waals surface area contributed by atoms with Crippen LogP contribution in [-0.2, 0) is 17.1 Å². The average Bonchev–Trinajstić information content (AvgIpc) is 1.25. The van der Waals surface area contributed by atoms with Crippen molar-refractivity contribution < 1.29 is 54.6 Å². The molecule has 0 unspecified atom stereocenters. The SMILES string of the molecule is O.O.O.O.O.O=[N+]([O-])[O-].O=[N+]([O-])[O-].[Mn+2]. The van der Waals surface area contributed by atoms with Crippen molar-refractivity contribution in [2.24, 2.45) is 0 Å². The van der Waals surface area contributed by atoms with E-state index in [-0.39, 0.29) is 44.4 Å². The molecule has 14 heteroatoms. The number of nitrogens with zero attached hydrogens (tertiary/aromatic N) is 2. The summed E-state index contributed by atoms with van der Waals surface area (Å²) in [6, 6.07) is 0. The molecule has 0 spiro atoms. The maximum atomic E-state index is 8.25. The van der Waals surface area contributed by atoms with Gasteiger partial charge in [-0.05, 0) is 0 Å². The molecule has 1 radical (unpaired) electrons. The molecule has 10 N–H and O–H groups in total. The molecule has 0 aromatic carbocycles. The van der Waals surface area contributed by atoms with Crippen molar-refractivity contribution in [2.75, 3.05) is 0 Å². The summed E-state index contributed by atoms with van der Waals surface area (Å²) in [6.45, 7) is 0. The minimum atomic E-state index is -1.75. The van der Waals surface area contributed by atoms with E-state index in [1.807, 2.05) is 0 Å². The van der Waals surface area contributed by atoms with E-state index in [1.54, 1.807) is 0 Å². The first-order valence-corrected chi connectivity index (χ1v) is 1.10. The normalized spacial score (nSPS) is 3.43. The maximum Gasteiger partial charge on any atom is 2.00 e. The van der Waals surface area contributed by atoms with E-state index in [9.17, 15) is 0 Å². The van der Waals surface area contributed by atoms with Gasteiger partial charge in [-0.3, -0.25) is 0 Å². The summed E-state index contributed by atoms with van der Waals surface area (Å²) in [5, 5.41) is 29.5. The van der Waals surface area contributed by atoms with Crippen molar-refractivity contribution in [3.05, 3.63) is 30.6 Å². The van der Waals surface area contributed by atoms with Crippen LogP contribution in [0.25, 0.3) is 0 Å². The predicted molar refractivity (Wildman–Crippen MR) is 38.8 cm³/mol. The summed E-state index contributed by atoms with van der Waals surface area (Å²) in [5.74, 6) is 0. The first-order chi connectivity index (χ1) is 3.46. The van der Waals surface area contributed by atoms with Crippen LogP contribution in [0.3, 0.4) is 0 Å². The van der Waals surface area contributed by atoms with Gasteiger partial charge in [0.1, 0.15) is 0 Å². The standard InChI is InChI=1S/Mn.2NO3.5H2O/c;2*2-1(3)4;;;;;/h;;;5*1H2/q+2;2*-1;;;;;. The Morgan fingerprint density at radius 1 is 0.571 bits per heavy atom. The quantitative estimate of drug-likeness (QED) is 0.236. The molecular formula is H10MnN2O11. The largest absolute Gasteiger partial charge is 2.00 e. The summed E-state index contributed by atoms with van der Waals surface area (Å²) in [7, 11) is 0. The van der Waals surface area contributed by atoms with Crippen LogP contribution >= 0.6 is 0 Å². The molecule has 0 bridgehead atoms. The minimum absolute atomic E-state index is 0. The Hall–Kier alpha value is -1.28. The third-order valence-corrected chi connectivity index (χ3v) is 0. The molecule has 0 saturated heterocycles. The Morgan fingerprint density at radius 2 is 0.571 bits per heavy atom. The third-order valence-electron chi connectivity index (χ3n) is 0. The van der Waals surface area contributed by atoms with Crippen molar-refractivity contribution in [2.45, 2.75) is 0 Å². The van der Waals surface area contributed by atoms with Crippen molar-refractivity contribution >= 4 is 0 Å². The Morgan fingerprint density at radius 3 is 0.571 bits per heavy atom. The van der Waals surface area contributed by atoms with Crippen LogP contribution in [0.5, 0.6) is 0 Å². The van der Waals surface area contributed by atoms with Crippen LogP contribution in [-0.4, -0.2) is 37.6 Å². The molecule has 13 nitrogen and oxygen atoms in total. The van der Waals surface area contributed by atoms with Crippen LogP contribution < -0.4 is 0 Å². The Labute approximate surface area is 86.2 Å². The molecule has 14 heavy (non-hydrogen) atoms. The van der Waals surface area contributed by atoms with E-state index in [4.69, 9.17) is 30.6 Å². The van der Waals surface area contributed by atoms with Gasteiger partial charge in [-0.2, -0.15) is 0 Å². The van der Waals surface area contributed by atoms with Crippen molar-refractivity contribution in [1.29, 1.82) is 0 Å². The second kappa shape index (κ2) is 60.5. The zero-order chi connectivity index (χ0) is 7.15. The fourth-order valence-electron chi connectivity index (χ4n) is 0. The van der Waals surface area contributed by atoms with E-state index in [2.05, 4.69) is 0 Å². The second-order valence-electron chi connectivity index (χ2n) is 0.447. The zero-order valence-electron chi connectivity index (χ0n) is 6.22. The molecule has 0 amide bonds. The second-order valence-corrected chi connectivity index (χ2v) is 0.447. The maximum absolute atomic E-state index is 8.25.